The summed E-state index contributed by atoms with van der Waals surface area (Å²) in [7, 11) is -2.30. The summed E-state index contributed by atoms with van der Waals surface area (Å²) in [5.74, 6) is -1.66. The van der Waals surface area contributed by atoms with Gasteiger partial charge in [-0.05, 0) is 43.9 Å². The Kier molecular flexibility index (Phi) is 11.7. The highest BCUT2D eigenvalue weighted by atomic mass is 32.2. The van der Waals surface area contributed by atoms with Gasteiger partial charge in [0.1, 0.15) is 12.1 Å². The maximum Gasteiger partial charge on any atom is 0.256 e. The van der Waals surface area contributed by atoms with Crippen molar-refractivity contribution in [3.8, 4) is 11.3 Å². The van der Waals surface area contributed by atoms with Crippen LogP contribution in [0.1, 0.15) is 67.1 Å². The lowest BCUT2D eigenvalue weighted by atomic mass is 9.96. The van der Waals surface area contributed by atoms with Gasteiger partial charge < -0.3 is 14.7 Å². The fourth-order valence-electron chi connectivity index (χ4n) is 4.80. The van der Waals surface area contributed by atoms with E-state index in [1.807, 2.05) is 58.0 Å². The first-order valence-electron chi connectivity index (χ1n) is 14.5. The molecule has 1 heterocycles. The predicted molar refractivity (Wildman–Crippen MR) is 166 cm³/mol. The van der Waals surface area contributed by atoms with E-state index in [1.54, 1.807) is 38.4 Å². The van der Waals surface area contributed by atoms with Crippen molar-refractivity contribution in [3.05, 3.63) is 77.0 Å². The van der Waals surface area contributed by atoms with Gasteiger partial charge in [-0.15, -0.1) is 0 Å². The molecule has 0 fully saturated rings. The largest absolute Gasteiger partial charge is 0.356 e. The number of hydrogen-bond donors (Lipinski definition) is 2. The summed E-state index contributed by atoms with van der Waals surface area (Å²) in [4.78, 5) is 42.1. The smallest absolute Gasteiger partial charge is 0.256 e. The predicted octanol–water partition coefficient (Wildman–Crippen LogP) is 4.42. The number of aromatic nitrogens is 1. The molecule has 3 amide bonds. The molecule has 11 heteroatoms. The third kappa shape index (κ3) is 9.25. The van der Waals surface area contributed by atoms with Crippen LogP contribution < -0.4 is 10.0 Å². The highest BCUT2D eigenvalue weighted by molar-refractivity contribution is 7.90. The van der Waals surface area contributed by atoms with E-state index >= 15 is 0 Å². The van der Waals surface area contributed by atoms with Crippen molar-refractivity contribution >= 4 is 27.7 Å². The van der Waals surface area contributed by atoms with Crippen LogP contribution in [0, 0.1) is 19.8 Å². The molecule has 0 aliphatic carbocycles. The second kappa shape index (κ2) is 15.0. The van der Waals surface area contributed by atoms with Gasteiger partial charge in [-0.2, -0.15) is 0 Å². The molecule has 2 aromatic carbocycles. The quantitative estimate of drug-likeness (QED) is 0.276. The summed E-state index contributed by atoms with van der Waals surface area (Å²) in [6.45, 7) is 9.27. The number of nitrogens with zero attached hydrogens (tertiary/aromatic N) is 2. The molecule has 232 valence electrons. The monoisotopic (exact) mass is 610 g/mol. The first kappa shape index (κ1) is 33.5. The van der Waals surface area contributed by atoms with E-state index in [9.17, 15) is 22.8 Å². The molecule has 0 spiro atoms. The van der Waals surface area contributed by atoms with E-state index < -0.39 is 33.9 Å². The molecule has 3 rings (SSSR count). The number of likely N-dealkylation sites (N-methyl/N-ethyl adjacent to an activating group) is 1. The molecule has 0 unspecified atom stereocenters. The highest BCUT2D eigenvalue weighted by Crippen LogP contribution is 2.21. The Morgan fingerprint density at radius 3 is 2.19 bits per heavy atom. The molecule has 0 radical (unpaired) electrons. The molecule has 2 N–H and O–H groups in total. The Labute approximate surface area is 254 Å². The van der Waals surface area contributed by atoms with Gasteiger partial charge in [0.15, 0.2) is 5.76 Å². The normalized spacial score (nSPS) is 13.5. The Morgan fingerprint density at radius 1 is 0.977 bits per heavy atom. The van der Waals surface area contributed by atoms with Crippen LogP contribution >= 0.6 is 0 Å². The molecule has 0 saturated heterocycles. The van der Waals surface area contributed by atoms with Crippen LogP contribution in [0.4, 0.5) is 0 Å². The molecule has 3 aromatic rings. The van der Waals surface area contributed by atoms with Crippen LogP contribution in [-0.4, -0.2) is 61.1 Å². The van der Waals surface area contributed by atoms with Gasteiger partial charge >= 0.3 is 0 Å². The Hall–Kier alpha value is -3.99. The number of carbonyl (C=O) groups is 3. The zero-order valence-electron chi connectivity index (χ0n) is 25.7. The molecule has 0 saturated carbocycles. The fourth-order valence-corrected chi connectivity index (χ4v) is 6.00. The van der Waals surface area contributed by atoms with E-state index in [-0.39, 0.29) is 24.0 Å². The molecule has 10 nitrogen and oxygen atoms in total. The van der Waals surface area contributed by atoms with E-state index in [0.29, 0.717) is 30.6 Å². The maximum absolute atomic E-state index is 13.9. The average Bonchev–Trinajstić information content (AvgIpc) is 3.51. The zero-order valence-corrected chi connectivity index (χ0v) is 26.5. The lowest BCUT2D eigenvalue weighted by Gasteiger charge is -2.31. The SMILES string of the molecule is CCCCS(=O)(=O)NC(=O)[C@@H](NC(=O)[C@H](Cc1ccc(-c2ccno2)cc1)N(C)C(=O)c1cc(C)cc(C)c1)[C@@H](C)CC. The number of unbranched alkanes of at least 4 members (excludes halogenated alkanes) is 1. The highest BCUT2D eigenvalue weighted by Gasteiger charge is 2.34. The number of nitrogens with one attached hydrogen (secondary N) is 2. The number of rotatable bonds is 14. The number of benzene rings is 2. The molecule has 3 atom stereocenters. The number of amides is 3. The first-order chi connectivity index (χ1) is 20.3. The van der Waals surface area contributed by atoms with E-state index in [1.165, 1.54) is 4.90 Å². The van der Waals surface area contributed by atoms with Crippen LogP contribution in [0.5, 0.6) is 0 Å². The third-order valence-electron chi connectivity index (χ3n) is 7.48. The van der Waals surface area contributed by atoms with Crippen LogP contribution in [0.25, 0.3) is 11.3 Å². The van der Waals surface area contributed by atoms with Crippen LogP contribution in [0.3, 0.4) is 0 Å². The standard InChI is InChI=1S/C32H42N4O6S/c1-7-9-16-43(40,41)35-31(38)29(23(5)8-2)34-30(37)27(36(6)32(39)26-18-21(3)17-22(4)19-26)20-24-10-12-25(13-11-24)28-14-15-33-42-28/h10-15,17-19,23,27,29H,7-9,16,20H2,1-6H3,(H,34,37)(H,35,38)/t23-,27-,29-/m0/s1. The zero-order chi connectivity index (χ0) is 31.7. The third-order valence-corrected chi connectivity index (χ3v) is 8.82. The lowest BCUT2D eigenvalue weighted by Crippen LogP contribution is -2.57. The number of aryl methyl sites for hydroxylation is 2. The van der Waals surface area contributed by atoms with Crippen molar-refractivity contribution in [3.63, 3.8) is 0 Å². The fraction of sp³-hybridized carbons (Fsp3) is 0.438. The van der Waals surface area contributed by atoms with Gasteiger partial charge in [-0.1, -0.05) is 80.2 Å². The second-order valence-corrected chi connectivity index (χ2v) is 12.9. The average molecular weight is 611 g/mol. The second-order valence-electron chi connectivity index (χ2n) is 11.1. The molecular weight excluding hydrogens is 568 g/mol. The number of sulfonamides is 1. The summed E-state index contributed by atoms with van der Waals surface area (Å²) in [6, 6.07) is 12.5. The summed E-state index contributed by atoms with van der Waals surface area (Å²) in [5.41, 5.74) is 3.85. The molecule has 0 aliphatic rings. The first-order valence-corrected chi connectivity index (χ1v) is 16.2. The minimum atomic E-state index is -3.86. The van der Waals surface area contributed by atoms with Gasteiger partial charge in [0.2, 0.25) is 15.9 Å². The molecule has 0 bridgehead atoms. The van der Waals surface area contributed by atoms with Crippen LogP contribution in [0.2, 0.25) is 0 Å². The number of hydrogen-bond acceptors (Lipinski definition) is 7. The summed E-state index contributed by atoms with van der Waals surface area (Å²) in [5, 5.41) is 6.51. The Balaban J connectivity index is 1.92. The van der Waals surface area contributed by atoms with E-state index in [4.69, 9.17) is 4.52 Å². The van der Waals surface area contributed by atoms with E-state index in [2.05, 4.69) is 15.2 Å². The molecular formula is C32H42N4O6S. The van der Waals surface area contributed by atoms with Gasteiger partial charge in [0.25, 0.3) is 11.8 Å². The van der Waals surface area contributed by atoms with Crippen molar-refractivity contribution in [1.29, 1.82) is 0 Å². The minimum Gasteiger partial charge on any atom is -0.356 e. The van der Waals surface area contributed by atoms with Crippen molar-refractivity contribution < 1.29 is 27.3 Å². The molecule has 43 heavy (non-hydrogen) atoms. The topological polar surface area (TPSA) is 139 Å². The van der Waals surface area contributed by atoms with Gasteiger partial charge in [0, 0.05) is 30.7 Å². The van der Waals surface area contributed by atoms with Crippen LogP contribution in [-0.2, 0) is 26.0 Å². The van der Waals surface area contributed by atoms with Crippen molar-refractivity contribution in [2.24, 2.45) is 5.92 Å². The summed E-state index contributed by atoms with van der Waals surface area (Å²) < 4.78 is 32.3. The Bertz CT molecular complexity index is 1480. The summed E-state index contributed by atoms with van der Waals surface area (Å²) >= 11 is 0. The van der Waals surface area contributed by atoms with Gasteiger partial charge in [0.05, 0.1) is 11.9 Å². The van der Waals surface area contributed by atoms with Gasteiger partial charge in [-0.3, -0.25) is 19.1 Å². The molecule has 1 aromatic heterocycles. The van der Waals surface area contributed by atoms with Gasteiger partial charge in [-0.25, -0.2) is 8.42 Å². The Morgan fingerprint density at radius 2 is 1.63 bits per heavy atom. The summed E-state index contributed by atoms with van der Waals surface area (Å²) in [6.07, 6.45) is 3.28. The lowest BCUT2D eigenvalue weighted by molar-refractivity contribution is -0.131. The van der Waals surface area contributed by atoms with Crippen molar-refractivity contribution in [2.45, 2.75) is 72.4 Å². The number of carbonyl (C=O) groups excluding carboxylic acids is 3. The maximum atomic E-state index is 13.9. The molecule has 0 aliphatic heterocycles. The van der Waals surface area contributed by atoms with Crippen LogP contribution in [0.15, 0.2) is 59.3 Å². The van der Waals surface area contributed by atoms with Crippen molar-refractivity contribution in [1.82, 2.24) is 20.1 Å². The van der Waals surface area contributed by atoms with E-state index in [0.717, 1.165) is 22.3 Å². The van der Waals surface area contributed by atoms with Crippen molar-refractivity contribution in [2.75, 3.05) is 12.8 Å². The minimum absolute atomic E-state index is 0.152.